The highest BCUT2D eigenvalue weighted by Crippen LogP contribution is 2.37. The number of likely N-dealkylation sites (tertiary alicyclic amines) is 1. The maximum absolute atomic E-state index is 11.8. The van der Waals surface area contributed by atoms with Crippen molar-refractivity contribution >= 4 is 11.8 Å². The van der Waals surface area contributed by atoms with Crippen molar-refractivity contribution in [2.45, 2.75) is 19.8 Å². The molecule has 4 heteroatoms. The van der Waals surface area contributed by atoms with Gasteiger partial charge in [0.1, 0.15) is 0 Å². The first-order chi connectivity index (χ1) is 6.19. The predicted molar refractivity (Wildman–Crippen MR) is 46.9 cm³/mol. The molecule has 0 saturated carbocycles. The first-order valence-electron chi connectivity index (χ1n) is 4.75. The van der Waals surface area contributed by atoms with Crippen LogP contribution in [0.25, 0.3) is 0 Å². The van der Waals surface area contributed by atoms with Gasteiger partial charge in [-0.2, -0.15) is 0 Å². The number of nitrogens with one attached hydrogen (secondary N) is 1. The number of amides is 2. The molecule has 0 aromatic carbocycles. The van der Waals surface area contributed by atoms with E-state index in [4.69, 9.17) is 0 Å². The summed E-state index contributed by atoms with van der Waals surface area (Å²) in [5.41, 5.74) is -0.382. The average Bonchev–Trinajstić information content (AvgIpc) is 2.62. The normalized spacial score (nSPS) is 33.8. The minimum Gasteiger partial charge on any atom is -0.316 e. The summed E-state index contributed by atoms with van der Waals surface area (Å²) in [6.45, 7) is 3.89. The van der Waals surface area contributed by atoms with Crippen molar-refractivity contribution in [1.82, 2.24) is 10.2 Å². The molecule has 0 aliphatic carbocycles. The van der Waals surface area contributed by atoms with Gasteiger partial charge in [-0.1, -0.05) is 0 Å². The molecule has 0 aromatic rings. The van der Waals surface area contributed by atoms with E-state index in [1.807, 2.05) is 6.92 Å². The third kappa shape index (κ3) is 1.09. The number of imide groups is 1. The molecule has 0 unspecified atom stereocenters. The third-order valence-electron chi connectivity index (χ3n) is 3.05. The van der Waals surface area contributed by atoms with E-state index in [0.29, 0.717) is 19.5 Å². The average molecular weight is 182 g/mol. The Kier molecular flexibility index (Phi) is 1.87. The Labute approximate surface area is 77.3 Å². The van der Waals surface area contributed by atoms with Crippen LogP contribution in [0.1, 0.15) is 19.8 Å². The highest BCUT2D eigenvalue weighted by Gasteiger charge is 2.52. The number of hydrogen-bond acceptors (Lipinski definition) is 3. The Balaban J connectivity index is 2.25. The van der Waals surface area contributed by atoms with Crippen molar-refractivity contribution in [1.29, 1.82) is 0 Å². The van der Waals surface area contributed by atoms with E-state index in [1.165, 1.54) is 4.90 Å². The minimum absolute atomic E-state index is 0.00352. The molecule has 0 radical (unpaired) electrons. The molecule has 2 heterocycles. The smallest absolute Gasteiger partial charge is 0.237 e. The molecule has 0 bridgehead atoms. The standard InChI is InChI=1S/C9H14N2O2/c1-2-11-7(12)5-9(8(11)13)3-4-10-6-9/h10H,2-6H2,1H3/t9-/m1/s1. The minimum atomic E-state index is -0.382. The van der Waals surface area contributed by atoms with E-state index in [0.717, 1.165) is 13.0 Å². The van der Waals surface area contributed by atoms with Gasteiger partial charge in [0, 0.05) is 19.5 Å². The molecular formula is C9H14N2O2. The van der Waals surface area contributed by atoms with E-state index >= 15 is 0 Å². The van der Waals surface area contributed by atoms with Crippen molar-refractivity contribution in [3.05, 3.63) is 0 Å². The Morgan fingerprint density at radius 2 is 2.31 bits per heavy atom. The predicted octanol–water partition coefficient (Wildman–Crippen LogP) is -0.255. The first kappa shape index (κ1) is 8.69. The van der Waals surface area contributed by atoms with Crippen molar-refractivity contribution in [2.24, 2.45) is 5.41 Å². The van der Waals surface area contributed by atoms with Crippen molar-refractivity contribution in [2.75, 3.05) is 19.6 Å². The fraction of sp³-hybridized carbons (Fsp3) is 0.778. The molecule has 0 aromatic heterocycles. The van der Waals surface area contributed by atoms with Crippen molar-refractivity contribution in [3.8, 4) is 0 Å². The summed E-state index contributed by atoms with van der Waals surface area (Å²) >= 11 is 0. The number of carbonyl (C=O) groups excluding carboxylic acids is 2. The molecule has 72 valence electrons. The van der Waals surface area contributed by atoms with E-state index in [9.17, 15) is 9.59 Å². The Morgan fingerprint density at radius 1 is 1.54 bits per heavy atom. The molecule has 2 rings (SSSR count). The second-order valence-electron chi connectivity index (χ2n) is 3.83. The summed E-state index contributed by atoms with van der Waals surface area (Å²) < 4.78 is 0. The Morgan fingerprint density at radius 3 is 2.77 bits per heavy atom. The van der Waals surface area contributed by atoms with Gasteiger partial charge in [0.25, 0.3) is 0 Å². The lowest BCUT2D eigenvalue weighted by atomic mass is 9.85. The number of carbonyl (C=O) groups is 2. The van der Waals surface area contributed by atoms with Crippen LogP contribution in [0.3, 0.4) is 0 Å². The molecule has 1 N–H and O–H groups in total. The monoisotopic (exact) mass is 182 g/mol. The van der Waals surface area contributed by atoms with Crippen LogP contribution >= 0.6 is 0 Å². The van der Waals surface area contributed by atoms with Crippen LogP contribution in [0.5, 0.6) is 0 Å². The quantitative estimate of drug-likeness (QED) is 0.569. The summed E-state index contributed by atoms with van der Waals surface area (Å²) in [6, 6.07) is 0. The fourth-order valence-corrected chi connectivity index (χ4v) is 2.26. The zero-order valence-electron chi connectivity index (χ0n) is 7.80. The van der Waals surface area contributed by atoms with Gasteiger partial charge >= 0.3 is 0 Å². The Hall–Kier alpha value is -0.900. The van der Waals surface area contributed by atoms with Gasteiger partial charge in [-0.25, -0.2) is 0 Å². The van der Waals surface area contributed by atoms with Gasteiger partial charge in [-0.15, -0.1) is 0 Å². The SMILES string of the molecule is CCN1C(=O)C[C@@]2(CCNC2)C1=O. The van der Waals surface area contributed by atoms with Crippen molar-refractivity contribution < 1.29 is 9.59 Å². The van der Waals surface area contributed by atoms with Crippen LogP contribution in [-0.2, 0) is 9.59 Å². The van der Waals surface area contributed by atoms with E-state index < -0.39 is 0 Å². The van der Waals surface area contributed by atoms with Gasteiger partial charge in [0.2, 0.25) is 11.8 Å². The molecule has 1 atom stereocenters. The molecule has 2 aliphatic rings. The van der Waals surface area contributed by atoms with E-state index in [1.54, 1.807) is 0 Å². The summed E-state index contributed by atoms with van der Waals surface area (Å²) in [6.07, 6.45) is 1.22. The topological polar surface area (TPSA) is 49.4 Å². The van der Waals surface area contributed by atoms with Gasteiger partial charge in [0.15, 0.2) is 0 Å². The van der Waals surface area contributed by atoms with Crippen molar-refractivity contribution in [3.63, 3.8) is 0 Å². The lowest BCUT2D eigenvalue weighted by Gasteiger charge is -2.18. The van der Waals surface area contributed by atoms with Gasteiger partial charge in [-0.3, -0.25) is 14.5 Å². The molecule has 2 fully saturated rings. The summed E-state index contributed by atoms with van der Waals surface area (Å²) in [7, 11) is 0. The first-order valence-corrected chi connectivity index (χ1v) is 4.75. The van der Waals surface area contributed by atoms with Crippen LogP contribution in [0.15, 0.2) is 0 Å². The lowest BCUT2D eigenvalue weighted by Crippen LogP contribution is -2.36. The third-order valence-corrected chi connectivity index (χ3v) is 3.05. The van der Waals surface area contributed by atoms with Gasteiger partial charge < -0.3 is 5.32 Å². The lowest BCUT2D eigenvalue weighted by molar-refractivity contribution is -0.140. The zero-order valence-corrected chi connectivity index (χ0v) is 7.80. The highest BCUT2D eigenvalue weighted by molar-refractivity contribution is 6.06. The summed E-state index contributed by atoms with van der Waals surface area (Å²) in [5, 5.41) is 3.15. The zero-order chi connectivity index (χ0) is 9.47. The molecular weight excluding hydrogens is 168 g/mol. The number of nitrogens with zero attached hydrogens (tertiary/aromatic N) is 1. The Bertz CT molecular complexity index is 256. The number of hydrogen-bond donors (Lipinski definition) is 1. The van der Waals surface area contributed by atoms with E-state index in [-0.39, 0.29) is 17.2 Å². The van der Waals surface area contributed by atoms with E-state index in [2.05, 4.69) is 5.32 Å². The van der Waals surface area contributed by atoms with Crippen LogP contribution in [0.4, 0.5) is 0 Å². The molecule has 1 spiro atoms. The highest BCUT2D eigenvalue weighted by atomic mass is 16.2. The molecule has 13 heavy (non-hydrogen) atoms. The molecule has 4 nitrogen and oxygen atoms in total. The summed E-state index contributed by atoms with van der Waals surface area (Å²) in [4.78, 5) is 24.7. The molecule has 2 saturated heterocycles. The molecule has 2 aliphatic heterocycles. The van der Waals surface area contributed by atoms with Gasteiger partial charge in [-0.05, 0) is 19.9 Å². The summed E-state index contributed by atoms with van der Waals surface area (Å²) in [5.74, 6) is 0.0289. The number of rotatable bonds is 1. The van der Waals surface area contributed by atoms with Crippen LogP contribution in [-0.4, -0.2) is 36.3 Å². The van der Waals surface area contributed by atoms with Crippen LogP contribution in [0.2, 0.25) is 0 Å². The second-order valence-corrected chi connectivity index (χ2v) is 3.83. The molecule has 2 amide bonds. The second kappa shape index (κ2) is 2.80. The largest absolute Gasteiger partial charge is 0.316 e. The fourth-order valence-electron chi connectivity index (χ4n) is 2.26. The van der Waals surface area contributed by atoms with Crippen LogP contribution in [0, 0.1) is 5.41 Å². The van der Waals surface area contributed by atoms with Crippen LogP contribution < -0.4 is 5.32 Å². The maximum Gasteiger partial charge on any atom is 0.237 e. The van der Waals surface area contributed by atoms with Gasteiger partial charge in [0.05, 0.1) is 5.41 Å². The maximum atomic E-state index is 11.8.